The predicted molar refractivity (Wildman–Crippen MR) is 131 cm³/mol. The SMILES string of the molecule is CCN1C(=O)/C(=C/c2ccc(OCc3ccc(C)cc3)cc2)SC1=Nc1cccnc1Cl. The van der Waals surface area contributed by atoms with Crippen molar-refractivity contribution in [3.05, 3.63) is 93.6 Å². The molecule has 0 spiro atoms. The van der Waals surface area contributed by atoms with Gasteiger partial charge in [0.15, 0.2) is 10.3 Å². The van der Waals surface area contributed by atoms with Gasteiger partial charge in [-0.2, -0.15) is 0 Å². The molecule has 0 atom stereocenters. The number of aliphatic imine (C=N–C) groups is 1. The zero-order chi connectivity index (χ0) is 22.5. The number of carbonyl (C=O) groups is 1. The highest BCUT2D eigenvalue weighted by Crippen LogP contribution is 2.35. The summed E-state index contributed by atoms with van der Waals surface area (Å²) in [5.74, 6) is 0.706. The molecule has 1 fully saturated rings. The molecule has 0 saturated carbocycles. The molecule has 0 N–H and O–H groups in total. The number of hydrogen-bond donors (Lipinski definition) is 0. The highest BCUT2D eigenvalue weighted by Gasteiger charge is 2.32. The van der Waals surface area contributed by atoms with Gasteiger partial charge in [0, 0.05) is 12.7 Å². The number of pyridine rings is 1. The molecule has 2 aromatic carbocycles. The van der Waals surface area contributed by atoms with E-state index in [1.165, 1.54) is 17.3 Å². The van der Waals surface area contributed by atoms with Gasteiger partial charge in [-0.15, -0.1) is 0 Å². The Morgan fingerprint density at radius 3 is 2.56 bits per heavy atom. The smallest absolute Gasteiger partial charge is 0.266 e. The lowest BCUT2D eigenvalue weighted by molar-refractivity contribution is -0.122. The maximum atomic E-state index is 12.9. The van der Waals surface area contributed by atoms with Crippen LogP contribution in [0.4, 0.5) is 5.69 Å². The second-order valence-corrected chi connectivity index (χ2v) is 8.58. The molecule has 3 aromatic rings. The lowest BCUT2D eigenvalue weighted by atomic mass is 10.1. The van der Waals surface area contributed by atoms with Crippen LogP contribution in [0.3, 0.4) is 0 Å². The van der Waals surface area contributed by atoms with E-state index in [2.05, 4.69) is 41.2 Å². The third kappa shape index (κ3) is 5.21. The highest BCUT2D eigenvalue weighted by atomic mass is 35.5. The van der Waals surface area contributed by atoms with Gasteiger partial charge in [-0.3, -0.25) is 9.69 Å². The summed E-state index contributed by atoms with van der Waals surface area (Å²) < 4.78 is 5.87. The summed E-state index contributed by atoms with van der Waals surface area (Å²) in [5, 5.41) is 0.902. The summed E-state index contributed by atoms with van der Waals surface area (Å²) in [4.78, 5) is 23.7. The highest BCUT2D eigenvalue weighted by molar-refractivity contribution is 8.18. The number of amides is 1. The normalized spacial score (nSPS) is 16.2. The molecule has 0 bridgehead atoms. The van der Waals surface area contributed by atoms with Gasteiger partial charge in [-0.1, -0.05) is 53.6 Å². The van der Waals surface area contributed by atoms with Gasteiger partial charge >= 0.3 is 0 Å². The summed E-state index contributed by atoms with van der Waals surface area (Å²) in [5.41, 5.74) is 3.80. The standard InChI is InChI=1S/C25H22ClN3O2S/c1-3-29-24(30)22(32-25(29)28-21-5-4-14-27-23(21)26)15-18-10-12-20(13-11-18)31-16-19-8-6-17(2)7-9-19/h4-15H,3,16H2,1-2H3/b22-15-,28-25?. The number of nitrogens with zero attached hydrogens (tertiary/aromatic N) is 3. The fourth-order valence-corrected chi connectivity index (χ4v) is 4.31. The molecule has 4 rings (SSSR count). The molecule has 2 heterocycles. The van der Waals surface area contributed by atoms with Crippen LogP contribution < -0.4 is 4.74 Å². The summed E-state index contributed by atoms with van der Waals surface area (Å²) in [6.45, 7) is 5.01. The lowest BCUT2D eigenvalue weighted by Gasteiger charge is -2.12. The molecule has 7 heteroatoms. The van der Waals surface area contributed by atoms with Crippen LogP contribution in [0.2, 0.25) is 5.15 Å². The van der Waals surface area contributed by atoms with E-state index < -0.39 is 0 Å². The van der Waals surface area contributed by atoms with E-state index in [0.717, 1.165) is 16.9 Å². The van der Waals surface area contributed by atoms with E-state index in [0.29, 0.717) is 34.1 Å². The first-order chi connectivity index (χ1) is 15.5. The van der Waals surface area contributed by atoms with Gasteiger partial charge in [-0.05, 0) is 67.1 Å². The number of rotatable bonds is 6. The fourth-order valence-electron chi connectivity index (χ4n) is 3.10. The number of hydrogen-bond acceptors (Lipinski definition) is 5. The Bertz CT molecular complexity index is 1170. The number of benzene rings is 2. The first kappa shape index (κ1) is 22.1. The lowest BCUT2D eigenvalue weighted by Crippen LogP contribution is -2.28. The van der Waals surface area contributed by atoms with Gasteiger partial charge in [0.25, 0.3) is 5.91 Å². The van der Waals surface area contributed by atoms with E-state index in [4.69, 9.17) is 16.3 Å². The molecule has 0 aliphatic carbocycles. The maximum absolute atomic E-state index is 12.9. The average Bonchev–Trinajstić information content (AvgIpc) is 3.09. The number of thioether (sulfide) groups is 1. The van der Waals surface area contributed by atoms with Gasteiger partial charge in [0.1, 0.15) is 18.0 Å². The van der Waals surface area contributed by atoms with Gasteiger partial charge in [-0.25, -0.2) is 9.98 Å². The predicted octanol–water partition coefficient (Wildman–Crippen LogP) is 6.25. The fraction of sp³-hybridized carbons (Fsp3) is 0.160. The van der Waals surface area contributed by atoms with Crippen LogP contribution in [0.15, 0.2) is 76.8 Å². The Hall–Kier alpha value is -3.09. The van der Waals surface area contributed by atoms with Crippen molar-refractivity contribution >= 4 is 46.2 Å². The second-order valence-electron chi connectivity index (χ2n) is 7.21. The maximum Gasteiger partial charge on any atom is 0.266 e. The quantitative estimate of drug-likeness (QED) is 0.320. The topological polar surface area (TPSA) is 54.8 Å². The molecule has 1 aliphatic rings. The number of aryl methyl sites for hydroxylation is 1. The van der Waals surface area contributed by atoms with Crippen molar-refractivity contribution in [2.75, 3.05) is 6.54 Å². The molecule has 1 saturated heterocycles. The van der Waals surface area contributed by atoms with E-state index in [1.807, 2.05) is 37.3 Å². The molecular formula is C25H22ClN3O2S. The van der Waals surface area contributed by atoms with E-state index in [9.17, 15) is 4.79 Å². The number of halogens is 1. The molecule has 1 amide bonds. The number of ether oxygens (including phenoxy) is 1. The van der Waals surface area contributed by atoms with Crippen LogP contribution in [0.1, 0.15) is 23.6 Å². The minimum atomic E-state index is -0.0732. The van der Waals surface area contributed by atoms with Crippen molar-refractivity contribution in [3.8, 4) is 5.75 Å². The first-order valence-corrected chi connectivity index (χ1v) is 11.4. The molecule has 162 valence electrons. The number of likely N-dealkylation sites (N-methyl/N-ethyl adjacent to an activating group) is 1. The van der Waals surface area contributed by atoms with Crippen LogP contribution >= 0.6 is 23.4 Å². The van der Waals surface area contributed by atoms with Crippen molar-refractivity contribution in [3.63, 3.8) is 0 Å². The number of amidine groups is 1. The van der Waals surface area contributed by atoms with Crippen molar-refractivity contribution < 1.29 is 9.53 Å². The summed E-state index contributed by atoms with van der Waals surface area (Å²) in [6, 6.07) is 19.5. The molecule has 0 unspecified atom stereocenters. The molecule has 1 aliphatic heterocycles. The zero-order valence-electron chi connectivity index (χ0n) is 17.8. The minimum Gasteiger partial charge on any atom is -0.489 e. The largest absolute Gasteiger partial charge is 0.489 e. The van der Waals surface area contributed by atoms with Gasteiger partial charge in [0.05, 0.1) is 4.91 Å². The van der Waals surface area contributed by atoms with Crippen LogP contribution in [0.5, 0.6) is 5.75 Å². The Morgan fingerprint density at radius 1 is 1.12 bits per heavy atom. The third-order valence-electron chi connectivity index (χ3n) is 4.86. The van der Waals surface area contributed by atoms with Crippen LogP contribution in [-0.4, -0.2) is 27.5 Å². The van der Waals surface area contributed by atoms with Crippen LogP contribution in [0.25, 0.3) is 6.08 Å². The number of carbonyl (C=O) groups excluding carboxylic acids is 1. The molecule has 5 nitrogen and oxygen atoms in total. The molecular weight excluding hydrogens is 442 g/mol. The van der Waals surface area contributed by atoms with E-state index in [1.54, 1.807) is 23.2 Å². The first-order valence-electron chi connectivity index (χ1n) is 10.2. The van der Waals surface area contributed by atoms with Gasteiger partial charge in [0.2, 0.25) is 0 Å². The van der Waals surface area contributed by atoms with Crippen LogP contribution in [0, 0.1) is 6.92 Å². The van der Waals surface area contributed by atoms with Crippen molar-refractivity contribution in [1.29, 1.82) is 0 Å². The van der Waals surface area contributed by atoms with Crippen molar-refractivity contribution in [1.82, 2.24) is 9.88 Å². The Labute approximate surface area is 196 Å². The number of aromatic nitrogens is 1. The average molecular weight is 464 g/mol. The Morgan fingerprint density at radius 2 is 1.88 bits per heavy atom. The van der Waals surface area contributed by atoms with Crippen molar-refractivity contribution in [2.45, 2.75) is 20.5 Å². The monoisotopic (exact) mass is 463 g/mol. The summed E-state index contributed by atoms with van der Waals surface area (Å²) in [6.07, 6.45) is 3.48. The van der Waals surface area contributed by atoms with E-state index >= 15 is 0 Å². The third-order valence-corrected chi connectivity index (χ3v) is 6.16. The van der Waals surface area contributed by atoms with Crippen molar-refractivity contribution in [2.24, 2.45) is 4.99 Å². The summed E-state index contributed by atoms with van der Waals surface area (Å²) >= 11 is 7.46. The Kier molecular flexibility index (Phi) is 6.93. The Balaban J connectivity index is 1.47. The van der Waals surface area contributed by atoms with E-state index in [-0.39, 0.29) is 5.91 Å². The summed E-state index contributed by atoms with van der Waals surface area (Å²) in [7, 11) is 0. The minimum absolute atomic E-state index is 0.0732. The second kappa shape index (κ2) is 10.0. The van der Waals surface area contributed by atoms with Gasteiger partial charge < -0.3 is 4.74 Å². The van der Waals surface area contributed by atoms with Crippen LogP contribution in [-0.2, 0) is 11.4 Å². The molecule has 0 radical (unpaired) electrons. The molecule has 1 aromatic heterocycles. The molecule has 32 heavy (non-hydrogen) atoms. The zero-order valence-corrected chi connectivity index (χ0v) is 19.4.